The van der Waals surface area contributed by atoms with Gasteiger partial charge in [0.05, 0.1) is 0 Å². The van der Waals surface area contributed by atoms with Crippen LogP contribution in [0.5, 0.6) is 0 Å². The summed E-state index contributed by atoms with van der Waals surface area (Å²) in [5, 5.41) is 0. The van der Waals surface area contributed by atoms with E-state index in [1.165, 1.54) is 25.7 Å². The van der Waals surface area contributed by atoms with Crippen LogP contribution in [0.4, 0.5) is 5.95 Å². The summed E-state index contributed by atoms with van der Waals surface area (Å²) in [6.45, 7) is 3.22. The third-order valence-electron chi connectivity index (χ3n) is 2.00. The third-order valence-corrected chi connectivity index (χ3v) is 2.00. The van der Waals surface area contributed by atoms with Gasteiger partial charge in [0.25, 0.3) is 0 Å². The quantitative estimate of drug-likeness (QED) is 0.682. The number of nitrogen functional groups attached to an aromatic ring is 1. The molecule has 3 nitrogen and oxygen atoms in total. The highest BCUT2D eigenvalue weighted by Gasteiger charge is 1.95. The van der Waals surface area contributed by atoms with E-state index in [0.717, 1.165) is 6.54 Å². The first-order valence-corrected chi connectivity index (χ1v) is 4.61. The van der Waals surface area contributed by atoms with Crippen molar-refractivity contribution in [1.29, 1.82) is 0 Å². The van der Waals surface area contributed by atoms with Crippen molar-refractivity contribution in [2.24, 2.45) is 0 Å². The van der Waals surface area contributed by atoms with Crippen molar-refractivity contribution >= 4 is 5.95 Å². The minimum Gasteiger partial charge on any atom is -0.369 e. The molecule has 12 heavy (non-hydrogen) atoms. The van der Waals surface area contributed by atoms with Gasteiger partial charge in [0.2, 0.25) is 0 Å². The average Bonchev–Trinajstić information content (AvgIpc) is 2.46. The number of unbranched alkanes of at least 4 members (excludes halogenated alkanes) is 3. The zero-order chi connectivity index (χ0) is 8.81. The van der Waals surface area contributed by atoms with Crippen LogP contribution in [-0.2, 0) is 6.54 Å². The first-order chi connectivity index (χ1) is 5.84. The normalized spacial score (nSPS) is 10.4. The lowest BCUT2D eigenvalue weighted by Gasteiger charge is -2.02. The molecule has 0 saturated heterocycles. The number of nitrogens with zero attached hydrogens (tertiary/aromatic N) is 2. The monoisotopic (exact) mass is 167 g/mol. The number of aromatic nitrogens is 2. The van der Waals surface area contributed by atoms with Crippen LogP contribution < -0.4 is 5.73 Å². The molecule has 68 valence electrons. The maximum Gasteiger partial charge on any atom is 0.200 e. The Bertz CT molecular complexity index is 217. The molecule has 0 saturated carbocycles. The highest BCUT2D eigenvalue weighted by atomic mass is 15.1. The van der Waals surface area contributed by atoms with Crippen LogP contribution in [0.25, 0.3) is 0 Å². The molecule has 1 rings (SSSR count). The van der Waals surface area contributed by atoms with E-state index >= 15 is 0 Å². The van der Waals surface area contributed by atoms with Crippen LogP contribution in [0, 0.1) is 0 Å². The largest absolute Gasteiger partial charge is 0.369 e. The molecule has 0 unspecified atom stereocenters. The van der Waals surface area contributed by atoms with E-state index in [9.17, 15) is 0 Å². The fourth-order valence-electron chi connectivity index (χ4n) is 1.24. The molecule has 0 fully saturated rings. The van der Waals surface area contributed by atoms with Crippen molar-refractivity contribution in [2.75, 3.05) is 5.73 Å². The zero-order valence-electron chi connectivity index (χ0n) is 7.66. The zero-order valence-corrected chi connectivity index (χ0v) is 7.66. The summed E-state index contributed by atoms with van der Waals surface area (Å²) in [5.41, 5.74) is 5.61. The van der Waals surface area contributed by atoms with Gasteiger partial charge in [-0.05, 0) is 6.42 Å². The summed E-state index contributed by atoms with van der Waals surface area (Å²) in [6, 6.07) is 0. The molecule has 3 heteroatoms. The third kappa shape index (κ3) is 2.57. The molecule has 0 aliphatic carbocycles. The van der Waals surface area contributed by atoms with Gasteiger partial charge < -0.3 is 10.3 Å². The Balaban J connectivity index is 2.20. The Morgan fingerprint density at radius 2 is 2.25 bits per heavy atom. The van der Waals surface area contributed by atoms with Crippen LogP contribution >= 0.6 is 0 Å². The first-order valence-electron chi connectivity index (χ1n) is 4.61. The molecule has 0 spiro atoms. The summed E-state index contributed by atoms with van der Waals surface area (Å²) < 4.78 is 2.00. The van der Waals surface area contributed by atoms with Crippen molar-refractivity contribution in [3.05, 3.63) is 12.4 Å². The fraction of sp³-hybridized carbons (Fsp3) is 0.667. The predicted molar refractivity (Wildman–Crippen MR) is 50.8 cm³/mol. The lowest BCUT2D eigenvalue weighted by molar-refractivity contribution is 0.587. The second kappa shape index (κ2) is 4.80. The minimum atomic E-state index is 0.631. The van der Waals surface area contributed by atoms with E-state index in [4.69, 9.17) is 5.73 Å². The number of rotatable bonds is 5. The first kappa shape index (κ1) is 9.10. The molecule has 0 radical (unpaired) electrons. The average molecular weight is 167 g/mol. The van der Waals surface area contributed by atoms with Gasteiger partial charge in [-0.15, -0.1) is 0 Å². The van der Waals surface area contributed by atoms with E-state index in [1.807, 2.05) is 10.8 Å². The van der Waals surface area contributed by atoms with Gasteiger partial charge in [0.1, 0.15) is 0 Å². The minimum absolute atomic E-state index is 0.631. The van der Waals surface area contributed by atoms with Gasteiger partial charge in [-0.3, -0.25) is 0 Å². The lowest BCUT2D eigenvalue weighted by atomic mass is 10.2. The second-order valence-corrected chi connectivity index (χ2v) is 3.04. The number of nitrogens with two attached hydrogens (primary N) is 1. The molecular formula is C9H17N3. The van der Waals surface area contributed by atoms with Crippen LogP contribution in [0.15, 0.2) is 12.4 Å². The Labute approximate surface area is 73.6 Å². The van der Waals surface area contributed by atoms with Gasteiger partial charge in [-0.1, -0.05) is 26.2 Å². The van der Waals surface area contributed by atoms with Gasteiger partial charge in [0, 0.05) is 18.9 Å². The number of aryl methyl sites for hydroxylation is 1. The fourth-order valence-corrected chi connectivity index (χ4v) is 1.24. The SMILES string of the molecule is CCCCCCn1ccnc1N. The number of hydrogen-bond donors (Lipinski definition) is 1. The van der Waals surface area contributed by atoms with Crippen molar-refractivity contribution < 1.29 is 0 Å². The van der Waals surface area contributed by atoms with E-state index in [0.29, 0.717) is 5.95 Å². The topological polar surface area (TPSA) is 43.8 Å². The van der Waals surface area contributed by atoms with E-state index in [1.54, 1.807) is 6.20 Å². The summed E-state index contributed by atoms with van der Waals surface area (Å²) >= 11 is 0. The van der Waals surface area contributed by atoms with Gasteiger partial charge in [-0.25, -0.2) is 4.98 Å². The maximum absolute atomic E-state index is 5.61. The predicted octanol–water partition coefficient (Wildman–Crippen LogP) is 2.05. The van der Waals surface area contributed by atoms with Crippen molar-refractivity contribution in [2.45, 2.75) is 39.2 Å². The van der Waals surface area contributed by atoms with Gasteiger partial charge in [0.15, 0.2) is 5.95 Å². The highest BCUT2D eigenvalue weighted by molar-refractivity contribution is 5.16. The van der Waals surface area contributed by atoms with E-state index < -0.39 is 0 Å². The number of hydrogen-bond acceptors (Lipinski definition) is 2. The summed E-state index contributed by atoms with van der Waals surface area (Å²) in [6.07, 6.45) is 8.76. The van der Waals surface area contributed by atoms with Gasteiger partial charge >= 0.3 is 0 Å². The summed E-state index contributed by atoms with van der Waals surface area (Å²) in [5.74, 6) is 0.631. The molecule has 0 amide bonds. The highest BCUT2D eigenvalue weighted by Crippen LogP contribution is 2.04. The number of anilines is 1. The maximum atomic E-state index is 5.61. The molecule has 1 aromatic heterocycles. The lowest BCUT2D eigenvalue weighted by Crippen LogP contribution is -2.02. The molecule has 0 aliphatic rings. The van der Waals surface area contributed by atoms with Crippen molar-refractivity contribution in [3.8, 4) is 0 Å². The van der Waals surface area contributed by atoms with Crippen molar-refractivity contribution in [1.82, 2.24) is 9.55 Å². The van der Waals surface area contributed by atoms with Crippen LogP contribution in [0.2, 0.25) is 0 Å². The molecule has 0 aromatic carbocycles. The van der Waals surface area contributed by atoms with E-state index in [2.05, 4.69) is 11.9 Å². The number of imidazole rings is 1. The Morgan fingerprint density at radius 1 is 1.42 bits per heavy atom. The summed E-state index contributed by atoms with van der Waals surface area (Å²) in [4.78, 5) is 3.96. The smallest absolute Gasteiger partial charge is 0.200 e. The van der Waals surface area contributed by atoms with Crippen molar-refractivity contribution in [3.63, 3.8) is 0 Å². The molecule has 0 bridgehead atoms. The van der Waals surface area contributed by atoms with Crippen LogP contribution in [0.3, 0.4) is 0 Å². The molecule has 1 heterocycles. The Kier molecular flexibility index (Phi) is 3.64. The molecule has 0 atom stereocenters. The Hall–Kier alpha value is -0.990. The van der Waals surface area contributed by atoms with E-state index in [-0.39, 0.29) is 0 Å². The molecule has 0 aliphatic heterocycles. The van der Waals surface area contributed by atoms with Crippen LogP contribution in [-0.4, -0.2) is 9.55 Å². The molecule has 1 aromatic rings. The molecular weight excluding hydrogens is 150 g/mol. The molecule has 2 N–H and O–H groups in total. The second-order valence-electron chi connectivity index (χ2n) is 3.04. The van der Waals surface area contributed by atoms with Crippen LogP contribution in [0.1, 0.15) is 32.6 Å². The van der Waals surface area contributed by atoms with Gasteiger partial charge in [-0.2, -0.15) is 0 Å². The Morgan fingerprint density at radius 3 is 2.83 bits per heavy atom. The standard InChI is InChI=1S/C9H17N3/c1-2-3-4-5-7-12-8-6-11-9(12)10/h6,8H,2-5,7H2,1H3,(H2,10,11). The summed E-state index contributed by atoms with van der Waals surface area (Å²) in [7, 11) is 0.